The lowest BCUT2D eigenvalue weighted by molar-refractivity contribution is 0.0322. The summed E-state index contributed by atoms with van der Waals surface area (Å²) >= 11 is 11.8. The van der Waals surface area contributed by atoms with Crippen LogP contribution in [-0.4, -0.2) is 55.4 Å². The molecule has 0 unspecified atom stereocenters. The number of carboxylic acids is 1. The van der Waals surface area contributed by atoms with Gasteiger partial charge < -0.3 is 14.6 Å². The van der Waals surface area contributed by atoms with E-state index in [1.807, 2.05) is 0 Å². The van der Waals surface area contributed by atoms with Crippen LogP contribution < -0.4 is 4.74 Å². The summed E-state index contributed by atoms with van der Waals surface area (Å²) in [5.41, 5.74) is -0.103. The van der Waals surface area contributed by atoms with Crippen LogP contribution in [0.15, 0.2) is 12.1 Å². The van der Waals surface area contributed by atoms with E-state index in [1.165, 1.54) is 12.1 Å². The molecule has 1 aromatic rings. The van der Waals surface area contributed by atoms with E-state index in [4.69, 9.17) is 37.8 Å². The topological polar surface area (TPSA) is 59.0 Å². The molecule has 0 atom stereocenters. The van der Waals surface area contributed by atoms with Crippen molar-refractivity contribution in [3.63, 3.8) is 0 Å². The van der Waals surface area contributed by atoms with E-state index in [1.54, 1.807) is 0 Å². The average molecular weight is 320 g/mol. The maximum Gasteiger partial charge on any atom is 0.338 e. The van der Waals surface area contributed by atoms with E-state index in [2.05, 4.69) is 4.90 Å². The first kappa shape index (κ1) is 15.4. The zero-order valence-corrected chi connectivity index (χ0v) is 12.3. The highest BCUT2D eigenvalue weighted by atomic mass is 35.5. The van der Waals surface area contributed by atoms with Crippen LogP contribution in [0.3, 0.4) is 0 Å². The first-order valence-corrected chi connectivity index (χ1v) is 6.99. The molecule has 0 radical (unpaired) electrons. The van der Waals surface area contributed by atoms with Crippen molar-refractivity contribution in [3.8, 4) is 5.75 Å². The summed E-state index contributed by atoms with van der Waals surface area (Å²) in [6, 6.07) is 2.94. The lowest BCUT2D eigenvalue weighted by Crippen LogP contribution is -2.38. The van der Waals surface area contributed by atoms with Crippen LogP contribution in [-0.2, 0) is 4.74 Å². The molecule has 1 fully saturated rings. The van der Waals surface area contributed by atoms with Crippen molar-refractivity contribution in [2.24, 2.45) is 0 Å². The normalized spacial score (nSPS) is 16.1. The molecule has 7 heteroatoms. The maximum atomic E-state index is 10.9. The third-order valence-electron chi connectivity index (χ3n) is 3.01. The van der Waals surface area contributed by atoms with Gasteiger partial charge in [-0.25, -0.2) is 4.79 Å². The lowest BCUT2D eigenvalue weighted by atomic mass is 10.2. The molecule has 1 saturated heterocycles. The summed E-state index contributed by atoms with van der Waals surface area (Å²) in [5, 5.41) is 9.11. The number of rotatable bonds is 5. The largest absolute Gasteiger partial charge is 0.492 e. The van der Waals surface area contributed by atoms with E-state index < -0.39 is 5.97 Å². The molecule has 0 saturated carbocycles. The molecule has 1 aliphatic rings. The molecule has 1 aromatic carbocycles. The first-order valence-electron chi connectivity index (χ1n) is 6.23. The second-order valence-electron chi connectivity index (χ2n) is 4.37. The minimum atomic E-state index is -1.15. The lowest BCUT2D eigenvalue weighted by Gasteiger charge is -2.26. The minimum absolute atomic E-state index is 0.0753. The van der Waals surface area contributed by atoms with E-state index in [9.17, 15) is 4.79 Å². The van der Waals surface area contributed by atoms with Crippen LogP contribution in [0.2, 0.25) is 10.0 Å². The fourth-order valence-corrected chi connectivity index (χ4v) is 2.58. The van der Waals surface area contributed by atoms with Gasteiger partial charge in [0.2, 0.25) is 0 Å². The van der Waals surface area contributed by atoms with Gasteiger partial charge in [0.05, 0.1) is 28.8 Å². The fraction of sp³-hybridized carbons (Fsp3) is 0.462. The van der Waals surface area contributed by atoms with Crippen molar-refractivity contribution in [1.29, 1.82) is 0 Å². The van der Waals surface area contributed by atoms with E-state index >= 15 is 0 Å². The molecule has 5 nitrogen and oxygen atoms in total. The highest BCUT2D eigenvalue weighted by Gasteiger charge is 2.16. The van der Waals surface area contributed by atoms with Crippen molar-refractivity contribution in [3.05, 3.63) is 27.7 Å². The molecule has 110 valence electrons. The molecular weight excluding hydrogens is 305 g/mol. The molecule has 20 heavy (non-hydrogen) atoms. The number of morpholine rings is 1. The predicted molar refractivity (Wildman–Crippen MR) is 76.2 cm³/mol. The van der Waals surface area contributed by atoms with Crippen molar-refractivity contribution in [1.82, 2.24) is 4.90 Å². The molecule has 0 amide bonds. The van der Waals surface area contributed by atoms with Gasteiger partial charge in [-0.1, -0.05) is 23.2 Å². The smallest absolute Gasteiger partial charge is 0.338 e. The molecule has 0 aromatic heterocycles. The quantitative estimate of drug-likeness (QED) is 0.903. The molecule has 0 bridgehead atoms. The Hall–Kier alpha value is -1.01. The number of hydrogen-bond donors (Lipinski definition) is 1. The Balaban J connectivity index is 1.91. The summed E-state index contributed by atoms with van der Waals surface area (Å²) in [4.78, 5) is 13.2. The molecule has 0 aliphatic carbocycles. The maximum absolute atomic E-state index is 10.9. The summed E-state index contributed by atoms with van der Waals surface area (Å²) in [6.45, 7) is 4.53. The number of benzene rings is 1. The van der Waals surface area contributed by atoms with Gasteiger partial charge in [0.15, 0.2) is 0 Å². The van der Waals surface area contributed by atoms with Crippen LogP contribution in [0.5, 0.6) is 5.75 Å². The summed E-state index contributed by atoms with van der Waals surface area (Å²) in [7, 11) is 0. The van der Waals surface area contributed by atoms with Crippen LogP contribution in [0.25, 0.3) is 0 Å². The molecule has 2 rings (SSSR count). The van der Waals surface area contributed by atoms with E-state index in [0.717, 1.165) is 32.8 Å². The zero-order valence-electron chi connectivity index (χ0n) is 10.8. The third kappa shape index (κ3) is 3.99. The number of halogens is 2. The van der Waals surface area contributed by atoms with Gasteiger partial charge in [0.1, 0.15) is 12.4 Å². The van der Waals surface area contributed by atoms with Crippen molar-refractivity contribution >= 4 is 29.2 Å². The Kier molecular flexibility index (Phi) is 5.48. The number of carbonyl (C=O) groups is 1. The van der Waals surface area contributed by atoms with Gasteiger partial charge in [-0.2, -0.15) is 0 Å². The second-order valence-corrected chi connectivity index (χ2v) is 5.18. The number of aromatic carboxylic acids is 1. The van der Waals surface area contributed by atoms with Gasteiger partial charge >= 0.3 is 5.97 Å². The van der Waals surface area contributed by atoms with Crippen LogP contribution >= 0.6 is 23.2 Å². The Bertz CT molecular complexity index is 466. The molecule has 1 N–H and O–H groups in total. The van der Waals surface area contributed by atoms with E-state index in [-0.39, 0.29) is 15.6 Å². The monoisotopic (exact) mass is 319 g/mol. The first-order chi connectivity index (χ1) is 9.58. The van der Waals surface area contributed by atoms with E-state index in [0.29, 0.717) is 12.4 Å². The third-order valence-corrected chi connectivity index (χ3v) is 3.61. The van der Waals surface area contributed by atoms with Crippen molar-refractivity contribution < 1.29 is 19.4 Å². The fourth-order valence-electron chi connectivity index (χ4n) is 1.95. The molecular formula is C13H15Cl2NO4. The van der Waals surface area contributed by atoms with Crippen molar-refractivity contribution in [2.45, 2.75) is 0 Å². The Labute approximate surface area is 127 Å². The predicted octanol–water partition coefficient (Wildman–Crippen LogP) is 2.40. The van der Waals surface area contributed by atoms with Gasteiger partial charge in [-0.3, -0.25) is 4.90 Å². The Morgan fingerprint density at radius 3 is 2.45 bits per heavy atom. The van der Waals surface area contributed by atoms with Crippen LogP contribution in [0.4, 0.5) is 0 Å². The molecule has 0 spiro atoms. The Morgan fingerprint density at radius 1 is 1.30 bits per heavy atom. The molecule has 1 aliphatic heterocycles. The zero-order chi connectivity index (χ0) is 14.5. The number of carboxylic acid groups (broad SMARTS) is 1. The number of ether oxygens (including phenoxy) is 2. The second kappa shape index (κ2) is 7.13. The summed E-state index contributed by atoms with van der Waals surface area (Å²) in [6.07, 6.45) is 0. The Morgan fingerprint density at radius 2 is 1.90 bits per heavy atom. The van der Waals surface area contributed by atoms with Crippen LogP contribution in [0, 0.1) is 0 Å². The highest BCUT2D eigenvalue weighted by Crippen LogP contribution is 2.30. The SMILES string of the molecule is O=C(O)c1c(Cl)cc(OCCN2CCOCC2)cc1Cl. The van der Waals surface area contributed by atoms with Gasteiger partial charge in [0.25, 0.3) is 0 Å². The summed E-state index contributed by atoms with van der Waals surface area (Å²) in [5.74, 6) is -0.682. The highest BCUT2D eigenvalue weighted by molar-refractivity contribution is 6.39. The molecule has 1 heterocycles. The van der Waals surface area contributed by atoms with Crippen LogP contribution in [0.1, 0.15) is 10.4 Å². The van der Waals surface area contributed by atoms with Crippen molar-refractivity contribution in [2.75, 3.05) is 39.5 Å². The van der Waals surface area contributed by atoms with Gasteiger partial charge in [-0.15, -0.1) is 0 Å². The number of nitrogens with zero attached hydrogens (tertiary/aromatic N) is 1. The van der Waals surface area contributed by atoms with Gasteiger partial charge in [-0.05, 0) is 12.1 Å². The van der Waals surface area contributed by atoms with Gasteiger partial charge in [0, 0.05) is 19.6 Å². The standard InChI is InChI=1S/C13H15Cl2NO4/c14-10-7-9(8-11(15)12(10)13(17)18)20-6-3-16-1-4-19-5-2-16/h7-8H,1-6H2,(H,17,18). The average Bonchev–Trinajstić information content (AvgIpc) is 2.38. The number of hydrogen-bond acceptors (Lipinski definition) is 4. The minimum Gasteiger partial charge on any atom is -0.492 e. The summed E-state index contributed by atoms with van der Waals surface area (Å²) < 4.78 is 10.8.